The maximum atomic E-state index is 11.7. The molecule has 0 radical (unpaired) electrons. The van der Waals surface area contributed by atoms with Crippen LogP contribution in [0.2, 0.25) is 0 Å². The molecule has 148 valence electrons. The Morgan fingerprint density at radius 1 is 1.21 bits per heavy atom. The third-order valence-electron chi connectivity index (χ3n) is 4.81. The molecular formula is C21H24N2O4S. The quantitative estimate of drug-likeness (QED) is 0.526. The van der Waals surface area contributed by atoms with Gasteiger partial charge in [-0.05, 0) is 40.4 Å². The first-order valence-corrected chi connectivity index (χ1v) is 10.7. The van der Waals surface area contributed by atoms with Crippen molar-refractivity contribution in [3.05, 3.63) is 59.7 Å². The van der Waals surface area contributed by atoms with Gasteiger partial charge >= 0.3 is 0 Å². The molecule has 1 aliphatic heterocycles. The van der Waals surface area contributed by atoms with Crippen LogP contribution in [0.5, 0.6) is 0 Å². The maximum Gasteiger partial charge on any atom is 0.210 e. The van der Waals surface area contributed by atoms with E-state index in [9.17, 15) is 14.5 Å². The summed E-state index contributed by atoms with van der Waals surface area (Å²) >= 11 is -1.17. The summed E-state index contributed by atoms with van der Waals surface area (Å²) < 4.78 is 11.7. The number of nitrogens with zero attached hydrogens (tertiary/aromatic N) is 1. The van der Waals surface area contributed by atoms with E-state index in [1.165, 1.54) is 0 Å². The summed E-state index contributed by atoms with van der Waals surface area (Å²) in [4.78, 5) is 16.1. The Morgan fingerprint density at radius 2 is 1.79 bits per heavy atom. The van der Waals surface area contributed by atoms with Crippen LogP contribution in [0.25, 0.3) is 11.1 Å². The van der Waals surface area contributed by atoms with Crippen LogP contribution < -0.4 is 5.32 Å². The molecule has 0 aromatic heterocycles. The van der Waals surface area contributed by atoms with E-state index in [0.29, 0.717) is 19.3 Å². The molecule has 1 aliphatic rings. The molecule has 0 fully saturated rings. The van der Waals surface area contributed by atoms with Gasteiger partial charge in [0.15, 0.2) is 5.37 Å². The number of carbonyl (C=O) groups excluding carboxylic acids is 1. The van der Waals surface area contributed by atoms with Crippen LogP contribution in [0, 0.1) is 0 Å². The summed E-state index contributed by atoms with van der Waals surface area (Å²) in [6.45, 7) is 1.75. The minimum Gasteiger partial charge on any atom is -0.615 e. The second kappa shape index (κ2) is 9.23. The molecule has 2 aromatic carbocycles. The van der Waals surface area contributed by atoms with Crippen LogP contribution in [-0.4, -0.2) is 39.5 Å². The highest BCUT2D eigenvalue weighted by atomic mass is 32.2. The first-order valence-electron chi connectivity index (χ1n) is 9.11. The zero-order valence-corrected chi connectivity index (χ0v) is 16.7. The van der Waals surface area contributed by atoms with Gasteiger partial charge in [-0.2, -0.15) is 0 Å². The summed E-state index contributed by atoms with van der Waals surface area (Å²) in [6, 6.07) is 15.9. The van der Waals surface area contributed by atoms with Gasteiger partial charge in [-0.3, -0.25) is 4.79 Å². The molecule has 3 rings (SSSR count). The summed E-state index contributed by atoms with van der Waals surface area (Å²) in [6.07, 6.45) is 2.50. The summed E-state index contributed by atoms with van der Waals surface area (Å²) in [5.74, 6) is 0. The Balaban J connectivity index is 1.63. The summed E-state index contributed by atoms with van der Waals surface area (Å²) in [5, 5.41) is 15.9. The molecule has 1 heterocycles. The fraction of sp³-hybridized carbons (Fsp3) is 0.333. The topological polar surface area (TPSA) is 94.0 Å². The van der Waals surface area contributed by atoms with Crippen molar-refractivity contribution in [3.63, 3.8) is 0 Å². The highest BCUT2D eigenvalue weighted by Gasteiger charge is 2.29. The fourth-order valence-corrected chi connectivity index (χ4v) is 3.88. The van der Waals surface area contributed by atoms with Gasteiger partial charge in [-0.15, -0.1) is 0 Å². The zero-order valence-electron chi connectivity index (χ0n) is 15.9. The Kier molecular flexibility index (Phi) is 6.72. The average Bonchev–Trinajstić information content (AvgIpc) is 3.16. The van der Waals surface area contributed by atoms with Gasteiger partial charge in [-0.1, -0.05) is 53.7 Å². The number of aliphatic hydroxyl groups is 1. The standard InChI is InChI=1S/C21H24N2O4S/c1-14(25)15-3-5-16(6-4-15)17-7-9-18(10-8-17)20-11-19(27-23-20)12-21(22-13-24)28(2)26/h3-10,13-14,19,21,25H,11-12H2,1-2H3,(H,22,24). The van der Waals surface area contributed by atoms with E-state index < -0.39 is 22.7 Å². The van der Waals surface area contributed by atoms with Crippen molar-refractivity contribution in [2.45, 2.75) is 37.3 Å². The van der Waals surface area contributed by atoms with Crippen LogP contribution in [0.4, 0.5) is 0 Å². The van der Waals surface area contributed by atoms with E-state index >= 15 is 0 Å². The number of rotatable bonds is 8. The number of hydrogen-bond acceptors (Lipinski definition) is 5. The van der Waals surface area contributed by atoms with Crippen LogP contribution in [0.15, 0.2) is 53.7 Å². The Bertz CT molecular complexity index is 819. The van der Waals surface area contributed by atoms with E-state index in [1.807, 2.05) is 48.5 Å². The molecule has 0 aliphatic carbocycles. The lowest BCUT2D eigenvalue weighted by Gasteiger charge is -2.19. The van der Waals surface area contributed by atoms with Crippen molar-refractivity contribution >= 4 is 23.3 Å². The highest BCUT2D eigenvalue weighted by molar-refractivity contribution is 7.91. The van der Waals surface area contributed by atoms with Gasteiger partial charge in [0.05, 0.1) is 24.5 Å². The maximum absolute atomic E-state index is 11.7. The minimum atomic E-state index is -1.17. The van der Waals surface area contributed by atoms with Crippen molar-refractivity contribution in [2.24, 2.45) is 5.16 Å². The smallest absolute Gasteiger partial charge is 0.210 e. The lowest BCUT2D eigenvalue weighted by atomic mass is 9.98. The van der Waals surface area contributed by atoms with Gasteiger partial charge < -0.3 is 19.8 Å². The minimum absolute atomic E-state index is 0.205. The van der Waals surface area contributed by atoms with Gasteiger partial charge in [0, 0.05) is 6.42 Å². The van der Waals surface area contributed by atoms with Gasteiger partial charge in [0.1, 0.15) is 6.10 Å². The van der Waals surface area contributed by atoms with Gasteiger partial charge in [0.2, 0.25) is 6.41 Å². The normalized spacial score (nSPS) is 19.3. The van der Waals surface area contributed by atoms with Crippen molar-refractivity contribution < 1.29 is 19.3 Å². The van der Waals surface area contributed by atoms with E-state index in [4.69, 9.17) is 4.84 Å². The Morgan fingerprint density at radius 3 is 2.32 bits per heavy atom. The molecule has 0 saturated heterocycles. The molecule has 0 bridgehead atoms. The molecule has 2 N–H and O–H groups in total. The molecule has 1 amide bonds. The number of oxime groups is 1. The molecule has 0 spiro atoms. The zero-order chi connectivity index (χ0) is 20.1. The predicted molar refractivity (Wildman–Crippen MR) is 110 cm³/mol. The summed E-state index contributed by atoms with van der Waals surface area (Å²) in [5.41, 5.74) is 4.86. The first kappa shape index (κ1) is 20.4. The predicted octanol–water partition coefficient (Wildman–Crippen LogP) is 2.74. The summed E-state index contributed by atoms with van der Waals surface area (Å²) in [7, 11) is 0. The van der Waals surface area contributed by atoms with E-state index in [-0.39, 0.29) is 6.10 Å². The molecule has 4 unspecified atom stereocenters. The van der Waals surface area contributed by atoms with E-state index in [2.05, 4.69) is 10.5 Å². The second-order valence-electron chi connectivity index (χ2n) is 6.85. The SMILES string of the molecule is CC(O)c1ccc(-c2ccc(C3=NOC(CC(NC=O)[S+](C)[O-])C3)cc2)cc1. The third kappa shape index (κ3) is 4.92. The van der Waals surface area contributed by atoms with E-state index in [1.54, 1.807) is 13.2 Å². The fourth-order valence-electron chi connectivity index (χ4n) is 3.15. The molecule has 28 heavy (non-hydrogen) atoms. The van der Waals surface area contributed by atoms with Crippen molar-refractivity contribution in [1.29, 1.82) is 0 Å². The van der Waals surface area contributed by atoms with Crippen LogP contribution in [-0.2, 0) is 20.8 Å². The number of carbonyl (C=O) groups is 1. The third-order valence-corrected chi connectivity index (χ3v) is 5.94. The van der Waals surface area contributed by atoms with Crippen LogP contribution >= 0.6 is 0 Å². The highest BCUT2D eigenvalue weighted by Crippen LogP contribution is 2.25. The van der Waals surface area contributed by atoms with Gasteiger partial charge in [-0.25, -0.2) is 0 Å². The number of benzene rings is 2. The Hall–Kier alpha value is -2.35. The Labute approximate surface area is 167 Å². The molecule has 7 heteroatoms. The number of hydrogen-bond donors (Lipinski definition) is 2. The molecule has 4 atom stereocenters. The number of nitrogens with one attached hydrogen (secondary N) is 1. The second-order valence-corrected chi connectivity index (χ2v) is 8.42. The number of aliphatic hydroxyl groups excluding tert-OH is 1. The van der Waals surface area contributed by atoms with Crippen LogP contribution in [0.1, 0.15) is 37.0 Å². The van der Waals surface area contributed by atoms with Crippen LogP contribution in [0.3, 0.4) is 0 Å². The largest absolute Gasteiger partial charge is 0.615 e. The molecular weight excluding hydrogens is 376 g/mol. The average molecular weight is 401 g/mol. The van der Waals surface area contributed by atoms with Crippen molar-refractivity contribution in [3.8, 4) is 11.1 Å². The lowest BCUT2D eigenvalue weighted by Crippen LogP contribution is -2.38. The van der Waals surface area contributed by atoms with Crippen molar-refractivity contribution in [2.75, 3.05) is 6.26 Å². The monoisotopic (exact) mass is 400 g/mol. The van der Waals surface area contributed by atoms with Crippen molar-refractivity contribution in [1.82, 2.24) is 5.32 Å². The van der Waals surface area contributed by atoms with Gasteiger partial charge in [0.25, 0.3) is 0 Å². The van der Waals surface area contributed by atoms with E-state index in [0.717, 1.165) is 28.0 Å². The lowest BCUT2D eigenvalue weighted by molar-refractivity contribution is -0.109. The molecule has 0 saturated carbocycles. The first-order chi connectivity index (χ1) is 13.5. The number of amides is 1. The molecule has 6 nitrogen and oxygen atoms in total. The molecule has 2 aromatic rings.